The van der Waals surface area contributed by atoms with E-state index in [2.05, 4.69) is 33.5 Å². The molecule has 0 aliphatic heterocycles. The number of carbonyl (C=O) groups excluding carboxylic acids is 3. The molecule has 7 N–H and O–H groups in total. The summed E-state index contributed by atoms with van der Waals surface area (Å²) in [4.78, 5) is 34.9. The molecule has 3 atom stereocenters. The Kier molecular flexibility index (Phi) is 13.1. The van der Waals surface area contributed by atoms with Crippen molar-refractivity contribution < 1.29 is 19.5 Å². The Morgan fingerprint density at radius 2 is 1.88 bits per heavy atom. The number of aliphatic hydroxyl groups is 1. The zero-order chi connectivity index (χ0) is 19.2. The summed E-state index contributed by atoms with van der Waals surface area (Å²) >= 11 is 3.75. The molecule has 0 saturated carbocycles. The molecule has 0 aliphatic carbocycles. The van der Waals surface area contributed by atoms with Gasteiger partial charge in [0.2, 0.25) is 17.7 Å². The summed E-state index contributed by atoms with van der Waals surface area (Å²) in [5.41, 5.74) is 5.19. The van der Waals surface area contributed by atoms with Crippen molar-refractivity contribution in [2.45, 2.75) is 57.7 Å². The first-order chi connectivity index (χ1) is 11.8. The smallest absolute Gasteiger partial charge is 0.242 e. The molecule has 0 rings (SSSR count). The topological polar surface area (TPSA) is 146 Å². The summed E-state index contributed by atoms with van der Waals surface area (Å²) in [6, 6.07) is -1.61. The molecular formula is C15H31N5O4S. The van der Waals surface area contributed by atoms with Crippen LogP contribution in [-0.4, -0.2) is 60.6 Å². The number of nitrogens with one attached hydrogen (secondary N) is 4. The van der Waals surface area contributed by atoms with Crippen LogP contribution in [0.15, 0.2) is 0 Å². The van der Waals surface area contributed by atoms with Crippen LogP contribution >= 0.6 is 12.8 Å². The molecule has 0 aromatic heterocycles. The SMILES string of the molecule is CCCNC(CCCCNC(=O)CNS)C(=O)NC(C(N)=O)C(C)O. The molecule has 0 spiro atoms. The fourth-order valence-electron chi connectivity index (χ4n) is 2.16. The maximum atomic E-state index is 12.3. The molecule has 0 aliphatic rings. The molecule has 9 nitrogen and oxygen atoms in total. The van der Waals surface area contributed by atoms with Gasteiger partial charge >= 0.3 is 0 Å². The molecule has 146 valence electrons. The summed E-state index contributed by atoms with van der Waals surface area (Å²) < 4.78 is 2.46. The molecule has 0 radical (unpaired) electrons. The van der Waals surface area contributed by atoms with Crippen LogP contribution in [0, 0.1) is 0 Å². The van der Waals surface area contributed by atoms with Gasteiger partial charge in [0.15, 0.2) is 0 Å². The largest absolute Gasteiger partial charge is 0.391 e. The molecule has 0 bridgehead atoms. The van der Waals surface area contributed by atoms with Crippen molar-refractivity contribution >= 4 is 30.5 Å². The van der Waals surface area contributed by atoms with Crippen LogP contribution in [0.2, 0.25) is 0 Å². The second kappa shape index (κ2) is 13.9. The molecule has 10 heteroatoms. The van der Waals surface area contributed by atoms with Gasteiger partial charge in [0.05, 0.1) is 18.7 Å². The van der Waals surface area contributed by atoms with Gasteiger partial charge in [-0.05, 0) is 39.2 Å². The van der Waals surface area contributed by atoms with Crippen LogP contribution in [-0.2, 0) is 14.4 Å². The first-order valence-corrected chi connectivity index (χ1v) is 8.93. The number of hydrogen-bond donors (Lipinski definition) is 7. The summed E-state index contributed by atoms with van der Waals surface area (Å²) in [5.74, 6) is -1.30. The van der Waals surface area contributed by atoms with E-state index in [-0.39, 0.29) is 18.4 Å². The van der Waals surface area contributed by atoms with Gasteiger partial charge in [-0.1, -0.05) is 19.7 Å². The lowest BCUT2D eigenvalue weighted by atomic mass is 10.1. The van der Waals surface area contributed by atoms with E-state index >= 15 is 0 Å². The molecule has 3 unspecified atom stereocenters. The van der Waals surface area contributed by atoms with E-state index in [1.54, 1.807) is 0 Å². The van der Waals surface area contributed by atoms with E-state index in [9.17, 15) is 19.5 Å². The lowest BCUT2D eigenvalue weighted by Crippen LogP contribution is -2.55. The van der Waals surface area contributed by atoms with Crippen molar-refractivity contribution in [3.63, 3.8) is 0 Å². The van der Waals surface area contributed by atoms with Gasteiger partial charge in [0.25, 0.3) is 0 Å². The number of unbranched alkanes of at least 4 members (excludes halogenated alkanes) is 1. The van der Waals surface area contributed by atoms with E-state index in [1.807, 2.05) is 6.92 Å². The second-order valence-corrected chi connectivity index (χ2v) is 6.13. The minimum Gasteiger partial charge on any atom is -0.391 e. The van der Waals surface area contributed by atoms with E-state index in [1.165, 1.54) is 6.92 Å². The Bertz CT molecular complexity index is 423. The number of amides is 3. The number of hydrogen-bond acceptors (Lipinski definition) is 7. The minimum atomic E-state index is -1.12. The molecule has 0 aromatic carbocycles. The maximum absolute atomic E-state index is 12.3. The van der Waals surface area contributed by atoms with Crippen LogP contribution in [0.4, 0.5) is 0 Å². The lowest BCUT2D eigenvalue weighted by molar-refractivity contribution is -0.131. The van der Waals surface area contributed by atoms with E-state index in [0.29, 0.717) is 32.4 Å². The number of thiol groups is 1. The van der Waals surface area contributed by atoms with E-state index in [0.717, 1.165) is 6.42 Å². The summed E-state index contributed by atoms with van der Waals surface area (Å²) in [6.45, 7) is 4.67. The first-order valence-electron chi connectivity index (χ1n) is 8.48. The van der Waals surface area contributed by atoms with Crippen LogP contribution in [0.5, 0.6) is 0 Å². The number of aliphatic hydroxyl groups excluding tert-OH is 1. The van der Waals surface area contributed by atoms with Gasteiger partial charge in [0.1, 0.15) is 6.04 Å². The molecule has 0 fully saturated rings. The van der Waals surface area contributed by atoms with Gasteiger partial charge in [0, 0.05) is 6.54 Å². The molecule has 25 heavy (non-hydrogen) atoms. The Morgan fingerprint density at radius 3 is 2.40 bits per heavy atom. The van der Waals surface area contributed by atoms with Crippen molar-refractivity contribution in [1.29, 1.82) is 0 Å². The molecule has 0 heterocycles. The third kappa shape index (κ3) is 11.0. The second-order valence-electron chi connectivity index (χ2n) is 5.82. The fraction of sp³-hybridized carbons (Fsp3) is 0.800. The Labute approximate surface area is 154 Å². The van der Waals surface area contributed by atoms with Crippen LogP contribution in [0.25, 0.3) is 0 Å². The number of nitrogens with two attached hydrogens (primary N) is 1. The van der Waals surface area contributed by atoms with Gasteiger partial charge in [-0.25, -0.2) is 0 Å². The fourth-order valence-corrected chi connectivity index (χ4v) is 2.31. The molecule has 3 amide bonds. The van der Waals surface area contributed by atoms with Gasteiger partial charge in [-0.3, -0.25) is 19.1 Å². The molecular weight excluding hydrogens is 346 g/mol. The first kappa shape index (κ1) is 23.6. The van der Waals surface area contributed by atoms with Crippen LogP contribution < -0.4 is 26.4 Å². The van der Waals surface area contributed by atoms with Gasteiger partial charge in [-0.15, -0.1) is 0 Å². The highest BCUT2D eigenvalue weighted by atomic mass is 32.1. The predicted molar refractivity (Wildman–Crippen MR) is 98.7 cm³/mol. The summed E-state index contributed by atoms with van der Waals surface area (Å²) in [5, 5.41) is 17.9. The quantitative estimate of drug-likeness (QED) is 0.144. The van der Waals surface area contributed by atoms with Crippen LogP contribution in [0.1, 0.15) is 39.5 Å². The Morgan fingerprint density at radius 1 is 1.20 bits per heavy atom. The Hall–Kier alpha value is -1.36. The zero-order valence-electron chi connectivity index (χ0n) is 14.9. The highest BCUT2D eigenvalue weighted by molar-refractivity contribution is 7.78. The predicted octanol–water partition coefficient (Wildman–Crippen LogP) is -1.57. The third-order valence-corrected chi connectivity index (χ3v) is 3.68. The van der Waals surface area contributed by atoms with Crippen molar-refractivity contribution in [3.05, 3.63) is 0 Å². The van der Waals surface area contributed by atoms with Gasteiger partial charge < -0.3 is 26.8 Å². The monoisotopic (exact) mass is 377 g/mol. The van der Waals surface area contributed by atoms with Crippen molar-refractivity contribution in [2.24, 2.45) is 5.73 Å². The standard InChI is InChI=1S/C15H31N5O4S/c1-3-7-17-11(6-4-5-8-18-12(22)9-19-25)15(24)20-13(10(2)21)14(16)23/h10-11,13,17,19,21,25H,3-9H2,1-2H3,(H2,16,23)(H,18,22)(H,20,24). The van der Waals surface area contributed by atoms with Crippen molar-refractivity contribution in [3.8, 4) is 0 Å². The van der Waals surface area contributed by atoms with Crippen LogP contribution in [0.3, 0.4) is 0 Å². The highest BCUT2D eigenvalue weighted by Gasteiger charge is 2.26. The van der Waals surface area contributed by atoms with E-state index in [4.69, 9.17) is 5.73 Å². The maximum Gasteiger partial charge on any atom is 0.242 e. The number of rotatable bonds is 14. The average molecular weight is 378 g/mol. The average Bonchev–Trinajstić information content (AvgIpc) is 2.54. The third-order valence-electron chi connectivity index (χ3n) is 3.53. The molecule has 0 aromatic rings. The molecule has 0 saturated heterocycles. The highest BCUT2D eigenvalue weighted by Crippen LogP contribution is 2.03. The summed E-state index contributed by atoms with van der Waals surface area (Å²) in [6.07, 6.45) is 1.75. The van der Waals surface area contributed by atoms with Crippen molar-refractivity contribution in [2.75, 3.05) is 19.6 Å². The minimum absolute atomic E-state index is 0.139. The van der Waals surface area contributed by atoms with E-state index < -0.39 is 24.1 Å². The van der Waals surface area contributed by atoms with Gasteiger partial charge in [-0.2, -0.15) is 0 Å². The van der Waals surface area contributed by atoms with Crippen molar-refractivity contribution in [1.82, 2.24) is 20.7 Å². The normalized spacial score (nSPS) is 14.4. The number of carbonyl (C=O) groups is 3. The number of primary amides is 1. The Balaban J connectivity index is 4.40. The summed E-state index contributed by atoms with van der Waals surface area (Å²) in [7, 11) is 0. The zero-order valence-corrected chi connectivity index (χ0v) is 15.8. The lowest BCUT2D eigenvalue weighted by Gasteiger charge is -2.23.